The Morgan fingerprint density at radius 2 is 1.59 bits per heavy atom. The van der Waals surface area contributed by atoms with E-state index in [4.69, 9.17) is 9.15 Å². The molecule has 0 aliphatic rings. The van der Waals surface area contributed by atoms with E-state index in [2.05, 4.69) is 4.98 Å². The summed E-state index contributed by atoms with van der Waals surface area (Å²) in [5.41, 5.74) is 1.67. The van der Waals surface area contributed by atoms with Crippen molar-refractivity contribution >= 4 is 9.84 Å². The minimum absolute atomic E-state index is 0.00293. The molecule has 0 spiro atoms. The van der Waals surface area contributed by atoms with Crippen LogP contribution in [0.1, 0.15) is 12.8 Å². The number of hydrogen-bond donors (Lipinski definition) is 0. The number of rotatable bonds is 7. The number of sulfone groups is 1. The second-order valence-electron chi connectivity index (χ2n) is 6.97. The quantitative estimate of drug-likeness (QED) is 0.360. The van der Waals surface area contributed by atoms with Crippen molar-refractivity contribution in [2.45, 2.75) is 18.4 Å². The van der Waals surface area contributed by atoms with Crippen molar-refractivity contribution in [3.8, 4) is 28.3 Å². The van der Waals surface area contributed by atoms with Gasteiger partial charge in [-0.15, -0.1) is 0 Å². The van der Waals surface area contributed by atoms with Crippen molar-refractivity contribution in [1.29, 1.82) is 0 Å². The minimum atomic E-state index is -3.34. The highest BCUT2D eigenvalue weighted by Gasteiger charge is 2.19. The van der Waals surface area contributed by atoms with Crippen molar-refractivity contribution in [2.75, 3.05) is 5.75 Å². The fraction of sp³-hybridized carbons (Fsp3) is 0.125. The molecule has 0 radical (unpaired) electrons. The highest BCUT2D eigenvalue weighted by atomic mass is 32.2. The molecule has 1 aromatic heterocycles. The Hall–Kier alpha value is -3.52. The molecule has 0 aliphatic heterocycles. The van der Waals surface area contributed by atoms with Crippen LogP contribution >= 0.6 is 0 Å². The van der Waals surface area contributed by atoms with Crippen LogP contribution in [0.3, 0.4) is 0 Å². The number of ether oxygens (including phenoxy) is 1. The molecule has 0 saturated carbocycles. The first kappa shape index (κ1) is 21.7. The van der Waals surface area contributed by atoms with Gasteiger partial charge in [0.1, 0.15) is 23.1 Å². The summed E-state index contributed by atoms with van der Waals surface area (Å²) < 4.78 is 62.5. The molecule has 4 aromatic rings. The molecule has 0 saturated heterocycles. The van der Waals surface area contributed by atoms with Gasteiger partial charge in [0.15, 0.2) is 22.2 Å². The Kier molecular flexibility index (Phi) is 6.05. The third kappa shape index (κ3) is 4.70. The molecular formula is C24H19F2NO4S. The van der Waals surface area contributed by atoms with Crippen LogP contribution in [0.2, 0.25) is 0 Å². The van der Waals surface area contributed by atoms with E-state index in [0.29, 0.717) is 28.3 Å². The number of nitrogens with zero attached hydrogens (tertiary/aromatic N) is 1. The van der Waals surface area contributed by atoms with E-state index < -0.39 is 15.7 Å². The first-order chi connectivity index (χ1) is 15.4. The highest BCUT2D eigenvalue weighted by Crippen LogP contribution is 2.34. The van der Waals surface area contributed by atoms with Crippen LogP contribution < -0.4 is 4.74 Å². The lowest BCUT2D eigenvalue weighted by atomic mass is 10.1. The number of halogens is 2. The molecule has 0 atom stereocenters. The van der Waals surface area contributed by atoms with Crippen molar-refractivity contribution < 1.29 is 26.4 Å². The molecule has 3 aromatic carbocycles. The molecule has 32 heavy (non-hydrogen) atoms. The van der Waals surface area contributed by atoms with E-state index in [-0.39, 0.29) is 29.0 Å². The summed E-state index contributed by atoms with van der Waals surface area (Å²) in [5.74, 6) is 0.120. The number of oxazole rings is 1. The SMILES string of the molecule is CCS(=O)(=O)c1ccc(-c2oc(COc3cccc(F)c3)nc2-c2ccc(F)cc2)cc1. The van der Waals surface area contributed by atoms with Crippen LogP contribution in [-0.4, -0.2) is 19.2 Å². The van der Waals surface area contributed by atoms with E-state index in [9.17, 15) is 17.2 Å². The van der Waals surface area contributed by atoms with E-state index >= 15 is 0 Å². The lowest BCUT2D eigenvalue weighted by Crippen LogP contribution is -2.03. The van der Waals surface area contributed by atoms with Crippen molar-refractivity contribution in [3.63, 3.8) is 0 Å². The molecule has 4 rings (SSSR count). The molecule has 0 N–H and O–H groups in total. The molecule has 0 bridgehead atoms. The van der Waals surface area contributed by atoms with Crippen LogP contribution in [0.5, 0.6) is 5.75 Å². The molecule has 5 nitrogen and oxygen atoms in total. The summed E-state index contributed by atoms with van der Waals surface area (Å²) >= 11 is 0. The molecule has 0 aliphatic carbocycles. The van der Waals surface area contributed by atoms with Gasteiger partial charge in [-0.3, -0.25) is 0 Å². The molecule has 164 valence electrons. The van der Waals surface area contributed by atoms with Gasteiger partial charge in [-0.2, -0.15) is 0 Å². The summed E-state index contributed by atoms with van der Waals surface area (Å²) in [7, 11) is -3.34. The maximum Gasteiger partial charge on any atom is 0.233 e. The molecule has 1 heterocycles. The lowest BCUT2D eigenvalue weighted by molar-refractivity contribution is 0.263. The molecule has 0 unspecified atom stereocenters. The first-order valence-corrected chi connectivity index (χ1v) is 11.5. The summed E-state index contributed by atoms with van der Waals surface area (Å²) in [6.45, 7) is 1.52. The van der Waals surface area contributed by atoms with E-state index in [1.807, 2.05) is 0 Å². The fourth-order valence-electron chi connectivity index (χ4n) is 3.11. The second kappa shape index (κ2) is 8.92. The average molecular weight is 455 g/mol. The average Bonchev–Trinajstić information content (AvgIpc) is 3.23. The van der Waals surface area contributed by atoms with Crippen LogP contribution in [0.25, 0.3) is 22.6 Å². The van der Waals surface area contributed by atoms with Crippen molar-refractivity contribution in [3.05, 3.63) is 90.3 Å². The molecular weight excluding hydrogens is 436 g/mol. The predicted octanol–water partition coefficient (Wildman–Crippen LogP) is 5.66. The second-order valence-corrected chi connectivity index (χ2v) is 9.24. The normalized spacial score (nSPS) is 11.5. The van der Waals surface area contributed by atoms with Gasteiger partial charge in [-0.1, -0.05) is 13.0 Å². The zero-order valence-corrected chi connectivity index (χ0v) is 17.9. The van der Waals surface area contributed by atoms with Crippen LogP contribution in [-0.2, 0) is 16.4 Å². The zero-order valence-electron chi connectivity index (χ0n) is 17.1. The first-order valence-electron chi connectivity index (χ1n) is 9.83. The Morgan fingerprint density at radius 1 is 0.906 bits per heavy atom. The third-order valence-electron chi connectivity index (χ3n) is 4.80. The maximum absolute atomic E-state index is 13.4. The van der Waals surface area contributed by atoms with Gasteiger partial charge < -0.3 is 9.15 Å². The Balaban J connectivity index is 1.70. The van der Waals surface area contributed by atoms with Gasteiger partial charge in [-0.05, 0) is 60.7 Å². The Bertz CT molecular complexity index is 1330. The largest absolute Gasteiger partial charge is 0.484 e. The van der Waals surface area contributed by atoms with Crippen LogP contribution in [0, 0.1) is 11.6 Å². The Labute approximate surface area is 184 Å². The van der Waals surface area contributed by atoms with Crippen molar-refractivity contribution in [2.24, 2.45) is 0 Å². The van der Waals surface area contributed by atoms with Gasteiger partial charge >= 0.3 is 0 Å². The fourth-order valence-corrected chi connectivity index (χ4v) is 3.99. The molecule has 8 heteroatoms. The zero-order chi connectivity index (χ0) is 22.7. The topological polar surface area (TPSA) is 69.4 Å². The van der Waals surface area contributed by atoms with Gasteiger partial charge in [0, 0.05) is 17.2 Å². The molecule has 0 fully saturated rings. The van der Waals surface area contributed by atoms with Crippen LogP contribution in [0.15, 0.2) is 82.1 Å². The van der Waals surface area contributed by atoms with Gasteiger partial charge in [0.25, 0.3) is 0 Å². The summed E-state index contributed by atoms with van der Waals surface area (Å²) in [6, 6.07) is 17.8. The lowest BCUT2D eigenvalue weighted by Gasteiger charge is -2.04. The maximum atomic E-state index is 13.4. The monoisotopic (exact) mass is 455 g/mol. The standard InChI is InChI=1S/C24H19F2NO4S/c1-2-32(28,29)21-12-8-17(9-13-21)24-23(16-6-10-18(25)11-7-16)27-22(31-24)15-30-20-5-3-4-19(26)14-20/h3-14H,2,15H2,1H3. The van der Waals surface area contributed by atoms with E-state index in [1.54, 1.807) is 37.3 Å². The Morgan fingerprint density at radius 3 is 2.25 bits per heavy atom. The number of aromatic nitrogens is 1. The van der Waals surface area contributed by atoms with Crippen LogP contribution in [0.4, 0.5) is 8.78 Å². The van der Waals surface area contributed by atoms with Gasteiger partial charge in [-0.25, -0.2) is 22.2 Å². The highest BCUT2D eigenvalue weighted by molar-refractivity contribution is 7.91. The van der Waals surface area contributed by atoms with Crippen molar-refractivity contribution in [1.82, 2.24) is 4.98 Å². The molecule has 0 amide bonds. The number of hydrogen-bond acceptors (Lipinski definition) is 5. The van der Waals surface area contributed by atoms with E-state index in [1.165, 1.54) is 42.5 Å². The predicted molar refractivity (Wildman–Crippen MR) is 116 cm³/mol. The van der Waals surface area contributed by atoms with Gasteiger partial charge in [0.05, 0.1) is 10.6 Å². The third-order valence-corrected chi connectivity index (χ3v) is 6.55. The summed E-state index contributed by atoms with van der Waals surface area (Å²) in [6.07, 6.45) is 0. The number of benzene rings is 3. The summed E-state index contributed by atoms with van der Waals surface area (Å²) in [4.78, 5) is 4.69. The van der Waals surface area contributed by atoms with Gasteiger partial charge in [0.2, 0.25) is 5.89 Å². The minimum Gasteiger partial charge on any atom is -0.484 e. The van der Waals surface area contributed by atoms with E-state index in [0.717, 1.165) is 0 Å². The smallest absolute Gasteiger partial charge is 0.233 e. The summed E-state index contributed by atoms with van der Waals surface area (Å²) in [5, 5.41) is 0.